The maximum Gasteiger partial charge on any atom is 0.122 e. The molecule has 0 fully saturated rings. The standard InChI is InChI=1S/C20H23N3O/c1-12(2)15-6-8-16(9-7-15)19-20(22-23-21-19)17-10-13(3)14(4)18(11-17)24-5/h6-12H,1-5H3,(H,21,22,23). The number of hydrogen-bond acceptors (Lipinski definition) is 3. The Morgan fingerprint density at radius 2 is 1.71 bits per heavy atom. The highest BCUT2D eigenvalue weighted by atomic mass is 16.5. The molecule has 0 bridgehead atoms. The fraction of sp³-hybridized carbons (Fsp3) is 0.300. The fourth-order valence-corrected chi connectivity index (χ4v) is 2.84. The normalized spacial score (nSPS) is 11.1. The Bertz CT molecular complexity index is 848. The largest absolute Gasteiger partial charge is 0.496 e. The van der Waals surface area contributed by atoms with Crippen LogP contribution in [0.15, 0.2) is 36.4 Å². The van der Waals surface area contributed by atoms with Crippen molar-refractivity contribution >= 4 is 0 Å². The third-order valence-corrected chi connectivity index (χ3v) is 4.53. The molecule has 0 saturated heterocycles. The Kier molecular flexibility index (Phi) is 4.38. The molecule has 0 aliphatic rings. The highest BCUT2D eigenvalue weighted by Crippen LogP contribution is 2.33. The number of hydrogen-bond donors (Lipinski definition) is 1. The van der Waals surface area contributed by atoms with Crippen LogP contribution in [0.4, 0.5) is 0 Å². The summed E-state index contributed by atoms with van der Waals surface area (Å²) < 4.78 is 5.49. The number of aromatic nitrogens is 3. The maximum atomic E-state index is 5.49. The van der Waals surface area contributed by atoms with Crippen LogP contribution in [-0.4, -0.2) is 22.5 Å². The molecule has 0 atom stereocenters. The molecule has 3 rings (SSSR count). The average molecular weight is 321 g/mol. The first kappa shape index (κ1) is 16.2. The van der Waals surface area contributed by atoms with Gasteiger partial charge in [0, 0.05) is 11.1 Å². The number of methoxy groups -OCH3 is 1. The molecule has 0 radical (unpaired) electrons. The summed E-state index contributed by atoms with van der Waals surface area (Å²) in [6, 6.07) is 12.7. The molecule has 0 spiro atoms. The van der Waals surface area contributed by atoms with Gasteiger partial charge in [-0.25, -0.2) is 0 Å². The first-order chi connectivity index (χ1) is 11.5. The quantitative estimate of drug-likeness (QED) is 0.744. The van der Waals surface area contributed by atoms with E-state index in [1.807, 2.05) is 6.07 Å². The molecule has 0 aliphatic heterocycles. The molecule has 0 saturated carbocycles. The monoisotopic (exact) mass is 321 g/mol. The number of aryl methyl sites for hydroxylation is 1. The van der Waals surface area contributed by atoms with E-state index in [0.29, 0.717) is 5.92 Å². The molecule has 1 aromatic heterocycles. The molecule has 24 heavy (non-hydrogen) atoms. The van der Waals surface area contributed by atoms with Crippen LogP contribution in [0.1, 0.15) is 36.5 Å². The van der Waals surface area contributed by atoms with Gasteiger partial charge in [0.05, 0.1) is 12.8 Å². The summed E-state index contributed by atoms with van der Waals surface area (Å²) in [7, 11) is 1.69. The van der Waals surface area contributed by atoms with Gasteiger partial charge in [-0.2, -0.15) is 0 Å². The van der Waals surface area contributed by atoms with Crippen LogP contribution in [0.25, 0.3) is 22.5 Å². The lowest BCUT2D eigenvalue weighted by Crippen LogP contribution is -1.93. The number of nitrogens with one attached hydrogen (secondary N) is 1. The van der Waals surface area contributed by atoms with Crippen LogP contribution in [0.5, 0.6) is 5.75 Å². The van der Waals surface area contributed by atoms with Gasteiger partial charge < -0.3 is 4.74 Å². The number of ether oxygens (including phenoxy) is 1. The second-order valence-electron chi connectivity index (χ2n) is 6.43. The van der Waals surface area contributed by atoms with E-state index in [9.17, 15) is 0 Å². The molecule has 0 amide bonds. The minimum atomic E-state index is 0.516. The van der Waals surface area contributed by atoms with E-state index in [4.69, 9.17) is 4.74 Å². The van der Waals surface area contributed by atoms with E-state index in [1.165, 1.54) is 11.1 Å². The van der Waals surface area contributed by atoms with Crippen molar-refractivity contribution in [1.82, 2.24) is 15.4 Å². The van der Waals surface area contributed by atoms with Gasteiger partial charge in [-0.1, -0.05) is 43.3 Å². The third kappa shape index (κ3) is 2.92. The zero-order chi connectivity index (χ0) is 17.3. The lowest BCUT2D eigenvalue weighted by molar-refractivity contribution is 0.411. The van der Waals surface area contributed by atoms with E-state index in [2.05, 4.69) is 73.4 Å². The number of aromatic amines is 1. The van der Waals surface area contributed by atoms with Gasteiger partial charge in [0.25, 0.3) is 0 Å². The van der Waals surface area contributed by atoms with Crippen LogP contribution >= 0.6 is 0 Å². The highest BCUT2D eigenvalue weighted by molar-refractivity contribution is 5.78. The fourth-order valence-electron chi connectivity index (χ4n) is 2.84. The van der Waals surface area contributed by atoms with Crippen LogP contribution in [0.2, 0.25) is 0 Å². The van der Waals surface area contributed by atoms with Crippen LogP contribution in [0.3, 0.4) is 0 Å². The predicted octanol–water partition coefficient (Wildman–Crippen LogP) is 4.89. The van der Waals surface area contributed by atoms with E-state index in [0.717, 1.165) is 33.8 Å². The van der Waals surface area contributed by atoms with Crippen molar-refractivity contribution in [3.8, 4) is 28.3 Å². The van der Waals surface area contributed by atoms with Crippen molar-refractivity contribution in [1.29, 1.82) is 0 Å². The first-order valence-electron chi connectivity index (χ1n) is 8.18. The first-order valence-corrected chi connectivity index (χ1v) is 8.18. The number of nitrogens with zero attached hydrogens (tertiary/aromatic N) is 2. The van der Waals surface area contributed by atoms with Crippen LogP contribution in [0, 0.1) is 13.8 Å². The zero-order valence-electron chi connectivity index (χ0n) is 14.8. The lowest BCUT2D eigenvalue weighted by Gasteiger charge is -2.11. The Hall–Kier alpha value is -2.62. The van der Waals surface area contributed by atoms with Crippen molar-refractivity contribution in [2.75, 3.05) is 7.11 Å². The summed E-state index contributed by atoms with van der Waals surface area (Å²) in [4.78, 5) is 0. The molecule has 0 aliphatic carbocycles. The van der Waals surface area contributed by atoms with Crippen LogP contribution < -0.4 is 4.74 Å². The molecule has 0 unspecified atom stereocenters. The summed E-state index contributed by atoms with van der Waals surface area (Å²) >= 11 is 0. The van der Waals surface area contributed by atoms with E-state index in [1.54, 1.807) is 7.11 Å². The minimum absolute atomic E-state index is 0.516. The van der Waals surface area contributed by atoms with Gasteiger partial charge in [-0.15, -0.1) is 5.10 Å². The summed E-state index contributed by atoms with van der Waals surface area (Å²) in [6.07, 6.45) is 0. The molecule has 3 aromatic rings. The van der Waals surface area contributed by atoms with Crippen molar-refractivity contribution in [2.24, 2.45) is 0 Å². The number of rotatable bonds is 4. The number of benzene rings is 2. The molecule has 124 valence electrons. The van der Waals surface area contributed by atoms with Crippen molar-refractivity contribution in [2.45, 2.75) is 33.6 Å². The van der Waals surface area contributed by atoms with Gasteiger partial charge in [0.2, 0.25) is 0 Å². The summed E-state index contributed by atoms with van der Waals surface area (Å²) in [5, 5.41) is 11.4. The van der Waals surface area contributed by atoms with Gasteiger partial charge in [0.15, 0.2) is 0 Å². The topological polar surface area (TPSA) is 50.8 Å². The Morgan fingerprint density at radius 3 is 2.33 bits per heavy atom. The van der Waals surface area contributed by atoms with Crippen LogP contribution in [-0.2, 0) is 0 Å². The predicted molar refractivity (Wildman–Crippen MR) is 97.4 cm³/mol. The van der Waals surface area contributed by atoms with Gasteiger partial charge in [-0.3, -0.25) is 5.10 Å². The molecule has 4 heteroatoms. The summed E-state index contributed by atoms with van der Waals surface area (Å²) in [5.41, 5.74) is 7.49. The van der Waals surface area contributed by atoms with Gasteiger partial charge in [0.1, 0.15) is 11.4 Å². The van der Waals surface area contributed by atoms with Gasteiger partial charge >= 0.3 is 0 Å². The second-order valence-corrected chi connectivity index (χ2v) is 6.43. The summed E-state index contributed by atoms with van der Waals surface area (Å²) in [5.74, 6) is 1.39. The third-order valence-electron chi connectivity index (χ3n) is 4.53. The van der Waals surface area contributed by atoms with Crippen molar-refractivity contribution in [3.63, 3.8) is 0 Å². The minimum Gasteiger partial charge on any atom is -0.496 e. The molecule has 4 nitrogen and oxygen atoms in total. The highest BCUT2D eigenvalue weighted by Gasteiger charge is 2.15. The van der Waals surface area contributed by atoms with Crippen molar-refractivity contribution in [3.05, 3.63) is 53.1 Å². The Morgan fingerprint density at radius 1 is 1.00 bits per heavy atom. The Balaban J connectivity index is 2.06. The smallest absolute Gasteiger partial charge is 0.122 e. The van der Waals surface area contributed by atoms with E-state index in [-0.39, 0.29) is 0 Å². The SMILES string of the molecule is COc1cc(-c2nn[nH]c2-c2ccc(C(C)C)cc2)cc(C)c1C. The van der Waals surface area contributed by atoms with E-state index < -0.39 is 0 Å². The molecule has 2 aromatic carbocycles. The molecule has 1 heterocycles. The molecule has 1 N–H and O–H groups in total. The zero-order valence-corrected chi connectivity index (χ0v) is 14.8. The summed E-state index contributed by atoms with van der Waals surface area (Å²) in [6.45, 7) is 8.53. The van der Waals surface area contributed by atoms with Gasteiger partial charge in [-0.05, 0) is 48.6 Å². The number of H-pyrrole nitrogens is 1. The second kappa shape index (κ2) is 6.48. The average Bonchev–Trinajstić information content (AvgIpc) is 3.07. The lowest BCUT2D eigenvalue weighted by atomic mass is 9.97. The van der Waals surface area contributed by atoms with E-state index >= 15 is 0 Å². The maximum absolute atomic E-state index is 5.49. The molecular weight excluding hydrogens is 298 g/mol. The Labute approximate surface area is 142 Å². The molecular formula is C20H23N3O. The van der Waals surface area contributed by atoms with Crippen molar-refractivity contribution < 1.29 is 4.74 Å².